The molecule has 20 heavy (non-hydrogen) atoms. The maximum absolute atomic E-state index is 12.1. The number of nitrogens with zero attached hydrogens (tertiary/aromatic N) is 2. The maximum atomic E-state index is 12.1. The molecule has 108 valence electrons. The summed E-state index contributed by atoms with van der Waals surface area (Å²) in [5, 5.41) is 11.7. The highest BCUT2D eigenvalue weighted by molar-refractivity contribution is 5.94. The summed E-state index contributed by atoms with van der Waals surface area (Å²) < 4.78 is 0. The Labute approximate surface area is 117 Å². The van der Waals surface area contributed by atoms with Crippen LogP contribution in [0.3, 0.4) is 0 Å². The first-order chi connectivity index (χ1) is 9.47. The number of nitrogens with one attached hydrogen (secondary N) is 1. The SMILES string of the molecule is CN(C)c1ccc(C(=O)NC(CC(=O)O)C2CC2)cn1. The largest absolute Gasteiger partial charge is 0.481 e. The molecule has 0 spiro atoms. The summed E-state index contributed by atoms with van der Waals surface area (Å²) >= 11 is 0. The van der Waals surface area contributed by atoms with Gasteiger partial charge in [-0.15, -0.1) is 0 Å². The second-order valence-corrected chi connectivity index (χ2v) is 5.31. The molecule has 1 amide bonds. The summed E-state index contributed by atoms with van der Waals surface area (Å²) in [5.74, 6) is -0.0841. The first-order valence-electron chi connectivity index (χ1n) is 6.63. The van der Waals surface area contributed by atoms with E-state index >= 15 is 0 Å². The Hall–Kier alpha value is -2.11. The van der Waals surface area contributed by atoms with Gasteiger partial charge < -0.3 is 15.3 Å². The number of carboxylic acids is 1. The van der Waals surface area contributed by atoms with Gasteiger partial charge in [-0.25, -0.2) is 4.98 Å². The van der Waals surface area contributed by atoms with Crippen LogP contribution in [0, 0.1) is 5.92 Å². The van der Waals surface area contributed by atoms with E-state index in [1.54, 1.807) is 12.1 Å². The maximum Gasteiger partial charge on any atom is 0.305 e. The molecule has 1 atom stereocenters. The molecule has 2 N–H and O–H groups in total. The molecular formula is C14H19N3O3. The number of aliphatic carboxylic acids is 1. The average molecular weight is 277 g/mol. The highest BCUT2D eigenvalue weighted by Gasteiger charge is 2.33. The summed E-state index contributed by atoms with van der Waals surface area (Å²) in [6, 6.07) is 3.18. The third-order valence-electron chi connectivity index (χ3n) is 3.37. The Morgan fingerprint density at radius 1 is 1.45 bits per heavy atom. The topological polar surface area (TPSA) is 82.5 Å². The molecule has 1 aliphatic rings. The van der Waals surface area contributed by atoms with E-state index in [1.807, 2.05) is 19.0 Å². The van der Waals surface area contributed by atoms with Crippen LogP contribution in [0.25, 0.3) is 0 Å². The molecule has 1 fully saturated rings. The Morgan fingerprint density at radius 3 is 2.60 bits per heavy atom. The molecule has 1 aliphatic carbocycles. The van der Waals surface area contributed by atoms with E-state index in [4.69, 9.17) is 5.11 Å². The van der Waals surface area contributed by atoms with Gasteiger partial charge in [0.2, 0.25) is 0 Å². The van der Waals surface area contributed by atoms with Crippen molar-refractivity contribution in [3.63, 3.8) is 0 Å². The Bertz CT molecular complexity index is 495. The minimum absolute atomic E-state index is 0.0282. The van der Waals surface area contributed by atoms with E-state index in [0.717, 1.165) is 18.7 Å². The molecule has 1 heterocycles. The number of pyridine rings is 1. The molecule has 0 radical (unpaired) electrons. The lowest BCUT2D eigenvalue weighted by molar-refractivity contribution is -0.137. The van der Waals surface area contributed by atoms with Gasteiger partial charge in [-0.2, -0.15) is 0 Å². The summed E-state index contributed by atoms with van der Waals surface area (Å²) in [5.41, 5.74) is 0.451. The third-order valence-corrected chi connectivity index (χ3v) is 3.37. The highest BCUT2D eigenvalue weighted by Crippen LogP contribution is 2.34. The van der Waals surface area contributed by atoms with Crippen LogP contribution in [0.5, 0.6) is 0 Å². The Balaban J connectivity index is 2.00. The lowest BCUT2D eigenvalue weighted by Gasteiger charge is -2.16. The molecule has 0 aliphatic heterocycles. The second-order valence-electron chi connectivity index (χ2n) is 5.31. The summed E-state index contributed by atoms with van der Waals surface area (Å²) in [7, 11) is 3.75. The van der Waals surface area contributed by atoms with Crippen molar-refractivity contribution >= 4 is 17.7 Å². The minimum Gasteiger partial charge on any atom is -0.481 e. The van der Waals surface area contributed by atoms with E-state index in [9.17, 15) is 9.59 Å². The van der Waals surface area contributed by atoms with Crippen LogP contribution in [-0.2, 0) is 4.79 Å². The van der Waals surface area contributed by atoms with E-state index < -0.39 is 5.97 Å². The van der Waals surface area contributed by atoms with Crippen molar-refractivity contribution in [1.29, 1.82) is 0 Å². The summed E-state index contributed by atoms with van der Waals surface area (Å²) in [6.45, 7) is 0. The van der Waals surface area contributed by atoms with Gasteiger partial charge in [-0.05, 0) is 30.9 Å². The number of carbonyl (C=O) groups excluding carboxylic acids is 1. The second kappa shape index (κ2) is 5.90. The number of rotatable bonds is 6. The van der Waals surface area contributed by atoms with Crippen LogP contribution in [0.1, 0.15) is 29.6 Å². The van der Waals surface area contributed by atoms with E-state index in [0.29, 0.717) is 11.5 Å². The first kappa shape index (κ1) is 14.3. The zero-order valence-corrected chi connectivity index (χ0v) is 11.7. The van der Waals surface area contributed by atoms with Gasteiger partial charge in [0.15, 0.2) is 0 Å². The van der Waals surface area contributed by atoms with Crippen molar-refractivity contribution in [2.24, 2.45) is 5.92 Å². The highest BCUT2D eigenvalue weighted by atomic mass is 16.4. The first-order valence-corrected chi connectivity index (χ1v) is 6.63. The van der Waals surface area contributed by atoms with E-state index in [1.165, 1.54) is 6.20 Å². The molecule has 0 aromatic carbocycles. The molecule has 1 unspecified atom stereocenters. The van der Waals surface area contributed by atoms with Gasteiger partial charge >= 0.3 is 5.97 Å². The van der Waals surface area contributed by atoms with Crippen LogP contribution >= 0.6 is 0 Å². The predicted molar refractivity (Wildman–Crippen MR) is 74.8 cm³/mol. The number of hydrogen-bond donors (Lipinski definition) is 2. The van der Waals surface area contributed by atoms with Crippen LogP contribution < -0.4 is 10.2 Å². The number of carboxylic acid groups (broad SMARTS) is 1. The summed E-state index contributed by atoms with van der Waals surface area (Å²) in [6.07, 6.45) is 3.45. The van der Waals surface area contributed by atoms with Gasteiger partial charge in [0, 0.05) is 26.3 Å². The number of amides is 1. The lowest BCUT2D eigenvalue weighted by Crippen LogP contribution is -2.38. The lowest BCUT2D eigenvalue weighted by atomic mass is 10.1. The van der Waals surface area contributed by atoms with Crippen molar-refractivity contribution in [2.75, 3.05) is 19.0 Å². The van der Waals surface area contributed by atoms with Crippen molar-refractivity contribution in [3.05, 3.63) is 23.9 Å². The van der Waals surface area contributed by atoms with Gasteiger partial charge in [-0.3, -0.25) is 9.59 Å². The number of hydrogen-bond acceptors (Lipinski definition) is 4. The van der Waals surface area contributed by atoms with Crippen LogP contribution in [0.15, 0.2) is 18.3 Å². The molecule has 0 bridgehead atoms. The van der Waals surface area contributed by atoms with Gasteiger partial charge in [0.1, 0.15) is 5.82 Å². The quantitative estimate of drug-likeness (QED) is 0.814. The van der Waals surface area contributed by atoms with Gasteiger partial charge in [-0.1, -0.05) is 0 Å². The molecule has 6 heteroatoms. The van der Waals surface area contributed by atoms with Crippen molar-refractivity contribution in [2.45, 2.75) is 25.3 Å². The van der Waals surface area contributed by atoms with Crippen molar-refractivity contribution < 1.29 is 14.7 Å². The van der Waals surface area contributed by atoms with Gasteiger partial charge in [0.05, 0.1) is 12.0 Å². The van der Waals surface area contributed by atoms with Gasteiger partial charge in [0.25, 0.3) is 5.91 Å². The van der Waals surface area contributed by atoms with Crippen LogP contribution in [-0.4, -0.2) is 42.1 Å². The van der Waals surface area contributed by atoms with Crippen molar-refractivity contribution in [1.82, 2.24) is 10.3 Å². The fraction of sp³-hybridized carbons (Fsp3) is 0.500. The van der Waals surface area contributed by atoms with Crippen LogP contribution in [0.4, 0.5) is 5.82 Å². The van der Waals surface area contributed by atoms with Crippen LogP contribution in [0.2, 0.25) is 0 Å². The number of aromatic nitrogens is 1. The average Bonchev–Trinajstić information content (AvgIpc) is 3.21. The fourth-order valence-corrected chi connectivity index (χ4v) is 2.06. The zero-order chi connectivity index (χ0) is 14.7. The molecule has 6 nitrogen and oxygen atoms in total. The molecule has 2 rings (SSSR count). The molecule has 1 aromatic heterocycles. The van der Waals surface area contributed by atoms with Crippen molar-refractivity contribution in [3.8, 4) is 0 Å². The van der Waals surface area contributed by atoms with E-state index in [-0.39, 0.29) is 18.4 Å². The number of carbonyl (C=O) groups is 2. The molecule has 1 saturated carbocycles. The zero-order valence-electron chi connectivity index (χ0n) is 11.7. The molecule has 0 saturated heterocycles. The third kappa shape index (κ3) is 3.69. The standard InChI is InChI=1S/C14H19N3O3/c1-17(2)12-6-5-10(8-15-12)14(20)16-11(7-13(18)19)9-3-4-9/h5-6,8-9,11H,3-4,7H2,1-2H3,(H,16,20)(H,18,19). The monoisotopic (exact) mass is 277 g/mol. The minimum atomic E-state index is -0.886. The smallest absolute Gasteiger partial charge is 0.305 e. The fourth-order valence-electron chi connectivity index (χ4n) is 2.06. The Kier molecular flexibility index (Phi) is 4.22. The normalized spacial score (nSPS) is 15.5. The number of anilines is 1. The summed E-state index contributed by atoms with van der Waals surface area (Å²) in [4.78, 5) is 28.9. The Morgan fingerprint density at radius 2 is 2.15 bits per heavy atom. The predicted octanol–water partition coefficient (Wildman–Crippen LogP) is 1.13. The van der Waals surface area contributed by atoms with E-state index in [2.05, 4.69) is 10.3 Å². The molecular weight excluding hydrogens is 258 g/mol. The molecule has 1 aromatic rings.